The summed E-state index contributed by atoms with van der Waals surface area (Å²) < 4.78 is 0.839. The zero-order valence-electron chi connectivity index (χ0n) is 14.9. The molecular formula is C21H23BrN2O2. The molecule has 2 aromatic carbocycles. The predicted molar refractivity (Wildman–Crippen MR) is 108 cm³/mol. The molecule has 1 aliphatic rings. The van der Waals surface area contributed by atoms with Gasteiger partial charge in [-0.1, -0.05) is 53.4 Å². The van der Waals surface area contributed by atoms with Crippen molar-refractivity contribution < 1.29 is 9.59 Å². The van der Waals surface area contributed by atoms with Gasteiger partial charge in [-0.05, 0) is 43.2 Å². The summed E-state index contributed by atoms with van der Waals surface area (Å²) in [5.41, 5.74) is 1.62. The highest BCUT2D eigenvalue weighted by atomic mass is 79.9. The maximum atomic E-state index is 13.0. The lowest BCUT2D eigenvalue weighted by Crippen LogP contribution is -2.38. The van der Waals surface area contributed by atoms with Gasteiger partial charge in [0.25, 0.3) is 11.8 Å². The second-order valence-electron chi connectivity index (χ2n) is 6.72. The molecule has 136 valence electrons. The van der Waals surface area contributed by atoms with Crippen LogP contribution in [-0.4, -0.2) is 29.8 Å². The molecule has 0 saturated heterocycles. The first-order valence-electron chi connectivity index (χ1n) is 8.99. The van der Waals surface area contributed by atoms with Gasteiger partial charge in [-0.2, -0.15) is 0 Å². The van der Waals surface area contributed by atoms with Crippen LogP contribution in [0.15, 0.2) is 53.0 Å². The van der Waals surface area contributed by atoms with Crippen LogP contribution < -0.4 is 5.32 Å². The number of halogens is 1. The van der Waals surface area contributed by atoms with Crippen LogP contribution in [0.1, 0.15) is 52.8 Å². The molecule has 5 heteroatoms. The summed E-state index contributed by atoms with van der Waals surface area (Å²) in [5.74, 6) is -0.270. The van der Waals surface area contributed by atoms with Crippen molar-refractivity contribution in [2.24, 2.45) is 0 Å². The molecule has 0 heterocycles. The maximum absolute atomic E-state index is 13.0. The molecule has 1 fully saturated rings. The molecule has 4 nitrogen and oxygen atoms in total. The number of carbonyl (C=O) groups excluding carboxylic acids is 2. The van der Waals surface area contributed by atoms with Gasteiger partial charge in [0, 0.05) is 23.1 Å². The summed E-state index contributed by atoms with van der Waals surface area (Å²) in [6, 6.07) is 14.7. The van der Waals surface area contributed by atoms with Gasteiger partial charge >= 0.3 is 0 Å². The number of carbonyl (C=O) groups is 2. The normalized spacial score (nSPS) is 14.7. The third kappa shape index (κ3) is 4.33. The van der Waals surface area contributed by atoms with Gasteiger partial charge in [0.2, 0.25) is 0 Å². The molecule has 0 aromatic heterocycles. The topological polar surface area (TPSA) is 49.4 Å². The van der Waals surface area contributed by atoms with Crippen LogP contribution in [0.5, 0.6) is 0 Å². The molecule has 1 N–H and O–H groups in total. The molecule has 0 unspecified atom stereocenters. The minimum atomic E-state index is -0.230. The van der Waals surface area contributed by atoms with E-state index in [1.165, 1.54) is 19.3 Å². The fourth-order valence-electron chi connectivity index (χ4n) is 3.43. The van der Waals surface area contributed by atoms with E-state index in [2.05, 4.69) is 21.2 Å². The lowest BCUT2D eigenvalue weighted by Gasteiger charge is -2.31. The second-order valence-corrected chi connectivity index (χ2v) is 7.63. The molecule has 3 rings (SSSR count). The van der Waals surface area contributed by atoms with Crippen molar-refractivity contribution in [2.75, 3.05) is 12.4 Å². The van der Waals surface area contributed by atoms with E-state index in [1.54, 1.807) is 24.3 Å². The van der Waals surface area contributed by atoms with Crippen LogP contribution >= 0.6 is 15.9 Å². The Labute approximate surface area is 162 Å². The van der Waals surface area contributed by atoms with E-state index < -0.39 is 0 Å². The second kappa shape index (κ2) is 8.49. The molecule has 0 aliphatic heterocycles. The Hall–Kier alpha value is -2.14. The number of hydrogen-bond donors (Lipinski definition) is 1. The number of nitrogens with zero attached hydrogens (tertiary/aromatic N) is 1. The first-order valence-corrected chi connectivity index (χ1v) is 9.78. The molecule has 0 bridgehead atoms. The van der Waals surface area contributed by atoms with Gasteiger partial charge in [-0.15, -0.1) is 0 Å². The lowest BCUT2D eigenvalue weighted by molar-refractivity contribution is 0.0697. The Morgan fingerprint density at radius 3 is 2.50 bits per heavy atom. The van der Waals surface area contributed by atoms with Crippen molar-refractivity contribution in [1.82, 2.24) is 4.90 Å². The van der Waals surface area contributed by atoms with Crippen molar-refractivity contribution in [3.05, 3.63) is 64.1 Å². The van der Waals surface area contributed by atoms with Crippen molar-refractivity contribution in [3.8, 4) is 0 Å². The quantitative estimate of drug-likeness (QED) is 0.755. The number of rotatable bonds is 4. The van der Waals surface area contributed by atoms with E-state index in [-0.39, 0.29) is 17.9 Å². The largest absolute Gasteiger partial charge is 0.339 e. The fourth-order valence-corrected chi connectivity index (χ4v) is 3.83. The summed E-state index contributed by atoms with van der Waals surface area (Å²) in [7, 11) is 1.87. The minimum Gasteiger partial charge on any atom is -0.339 e. The molecule has 1 aliphatic carbocycles. The summed E-state index contributed by atoms with van der Waals surface area (Å²) in [6.45, 7) is 0. The van der Waals surface area contributed by atoms with Crippen molar-refractivity contribution in [2.45, 2.75) is 38.1 Å². The third-order valence-corrected chi connectivity index (χ3v) is 5.43. The highest BCUT2D eigenvalue weighted by Gasteiger charge is 2.24. The van der Waals surface area contributed by atoms with E-state index in [0.717, 1.165) is 17.3 Å². The van der Waals surface area contributed by atoms with Crippen LogP contribution in [0.2, 0.25) is 0 Å². The summed E-state index contributed by atoms with van der Waals surface area (Å²) in [4.78, 5) is 27.4. The average Bonchev–Trinajstić information content (AvgIpc) is 2.68. The highest BCUT2D eigenvalue weighted by molar-refractivity contribution is 9.10. The number of amides is 2. The average molecular weight is 415 g/mol. The van der Waals surface area contributed by atoms with Gasteiger partial charge in [0.1, 0.15) is 0 Å². The van der Waals surface area contributed by atoms with Crippen LogP contribution in [0.25, 0.3) is 0 Å². The predicted octanol–water partition coefficient (Wildman–Crippen LogP) is 5.11. The Kier molecular flexibility index (Phi) is 6.09. The van der Waals surface area contributed by atoms with Crippen molar-refractivity contribution in [1.29, 1.82) is 0 Å². The maximum Gasteiger partial charge on any atom is 0.255 e. The van der Waals surface area contributed by atoms with Gasteiger partial charge in [0.05, 0.1) is 11.3 Å². The molecule has 2 amide bonds. The minimum absolute atomic E-state index is 0.0398. The van der Waals surface area contributed by atoms with Gasteiger partial charge in [-0.3, -0.25) is 9.59 Å². The van der Waals surface area contributed by atoms with Crippen molar-refractivity contribution >= 4 is 33.4 Å². The Morgan fingerprint density at radius 2 is 1.77 bits per heavy atom. The molecule has 26 heavy (non-hydrogen) atoms. The molecule has 0 radical (unpaired) electrons. The first kappa shape index (κ1) is 18.6. The smallest absolute Gasteiger partial charge is 0.255 e. The zero-order chi connectivity index (χ0) is 18.5. The molecule has 2 aromatic rings. The number of anilines is 1. The van der Waals surface area contributed by atoms with Gasteiger partial charge < -0.3 is 10.2 Å². The van der Waals surface area contributed by atoms with E-state index >= 15 is 0 Å². The Balaban J connectivity index is 1.79. The van der Waals surface area contributed by atoms with Gasteiger partial charge in [-0.25, -0.2) is 0 Å². The Morgan fingerprint density at radius 1 is 1.04 bits per heavy atom. The lowest BCUT2D eigenvalue weighted by atomic mass is 9.94. The number of hydrogen-bond acceptors (Lipinski definition) is 2. The monoisotopic (exact) mass is 414 g/mol. The van der Waals surface area contributed by atoms with Crippen LogP contribution in [0.3, 0.4) is 0 Å². The fraction of sp³-hybridized carbons (Fsp3) is 0.333. The van der Waals surface area contributed by atoms with E-state index in [1.807, 2.05) is 36.2 Å². The molecule has 0 atom stereocenters. The zero-order valence-corrected chi connectivity index (χ0v) is 16.5. The summed E-state index contributed by atoms with van der Waals surface area (Å²) >= 11 is 3.38. The first-order chi connectivity index (χ1) is 12.6. The third-order valence-electron chi connectivity index (χ3n) is 4.94. The molecule has 0 spiro atoms. The standard InChI is InChI=1S/C21H23BrN2O2/c1-24(17-10-3-2-4-11-17)21(26)18-12-5-6-13-19(18)23-20(25)15-8-7-9-16(22)14-15/h5-9,12-14,17H,2-4,10-11H2,1H3,(H,23,25). The van der Waals surface area contributed by atoms with E-state index in [4.69, 9.17) is 0 Å². The summed E-state index contributed by atoms with van der Waals surface area (Å²) in [6.07, 6.45) is 5.69. The van der Waals surface area contributed by atoms with E-state index in [9.17, 15) is 9.59 Å². The van der Waals surface area contributed by atoms with Crippen LogP contribution in [0, 0.1) is 0 Å². The number of benzene rings is 2. The van der Waals surface area contributed by atoms with Gasteiger partial charge in [0.15, 0.2) is 0 Å². The van der Waals surface area contributed by atoms with Crippen LogP contribution in [-0.2, 0) is 0 Å². The number of nitrogens with one attached hydrogen (secondary N) is 1. The highest BCUT2D eigenvalue weighted by Crippen LogP contribution is 2.25. The SMILES string of the molecule is CN(C(=O)c1ccccc1NC(=O)c1cccc(Br)c1)C1CCCCC1. The molecular weight excluding hydrogens is 392 g/mol. The Bertz CT molecular complexity index is 800. The van der Waals surface area contributed by atoms with Crippen molar-refractivity contribution in [3.63, 3.8) is 0 Å². The number of para-hydroxylation sites is 1. The van der Waals surface area contributed by atoms with Crippen LogP contribution in [0.4, 0.5) is 5.69 Å². The van der Waals surface area contributed by atoms with E-state index in [0.29, 0.717) is 16.8 Å². The summed E-state index contributed by atoms with van der Waals surface area (Å²) in [5, 5.41) is 2.89. The molecule has 1 saturated carbocycles.